The van der Waals surface area contributed by atoms with Crippen LogP contribution in [-0.4, -0.2) is 9.78 Å². The maximum Gasteiger partial charge on any atom is 0.0643 e. The van der Waals surface area contributed by atoms with E-state index in [9.17, 15) is 0 Å². The first-order valence-corrected chi connectivity index (χ1v) is 7.79. The van der Waals surface area contributed by atoms with Crippen molar-refractivity contribution in [3.8, 4) is 0 Å². The molecule has 1 atom stereocenters. The molecular formula is C17H23ClN2. The smallest absolute Gasteiger partial charge is 0.0643 e. The molecule has 0 aliphatic carbocycles. The Morgan fingerprint density at radius 3 is 2.55 bits per heavy atom. The highest BCUT2D eigenvalue weighted by atomic mass is 35.5. The second-order valence-corrected chi connectivity index (χ2v) is 5.80. The van der Waals surface area contributed by atoms with Crippen molar-refractivity contribution in [3.05, 3.63) is 52.8 Å². The molecule has 1 heterocycles. The van der Waals surface area contributed by atoms with E-state index in [4.69, 9.17) is 11.6 Å². The van der Waals surface area contributed by atoms with E-state index in [1.54, 1.807) is 0 Å². The first-order valence-electron chi connectivity index (χ1n) is 7.35. The first kappa shape index (κ1) is 15.1. The summed E-state index contributed by atoms with van der Waals surface area (Å²) in [6, 6.07) is 10.6. The van der Waals surface area contributed by atoms with Crippen LogP contribution in [0.15, 0.2) is 30.3 Å². The minimum Gasteiger partial charge on any atom is -0.269 e. The van der Waals surface area contributed by atoms with E-state index in [2.05, 4.69) is 60.9 Å². The molecule has 0 saturated heterocycles. The quantitative estimate of drug-likeness (QED) is 0.697. The lowest BCUT2D eigenvalue weighted by atomic mass is 10.1. The highest BCUT2D eigenvalue weighted by Gasteiger charge is 2.17. The van der Waals surface area contributed by atoms with Crippen LogP contribution in [0.3, 0.4) is 0 Å². The van der Waals surface area contributed by atoms with Crippen LogP contribution >= 0.6 is 11.6 Å². The van der Waals surface area contributed by atoms with Crippen molar-refractivity contribution in [2.24, 2.45) is 0 Å². The van der Waals surface area contributed by atoms with Crippen molar-refractivity contribution in [2.75, 3.05) is 0 Å². The van der Waals surface area contributed by atoms with Crippen molar-refractivity contribution < 1.29 is 0 Å². The number of hydrogen-bond acceptors (Lipinski definition) is 1. The van der Waals surface area contributed by atoms with Crippen LogP contribution in [0.4, 0.5) is 0 Å². The maximum absolute atomic E-state index is 6.39. The monoisotopic (exact) mass is 290 g/mol. The molecule has 2 aromatic rings. The third-order valence-electron chi connectivity index (χ3n) is 3.79. The summed E-state index contributed by atoms with van der Waals surface area (Å²) in [6.07, 6.45) is 3.13. The van der Waals surface area contributed by atoms with Gasteiger partial charge >= 0.3 is 0 Å². The van der Waals surface area contributed by atoms with E-state index in [-0.39, 0.29) is 5.38 Å². The van der Waals surface area contributed by atoms with Crippen LogP contribution in [0.5, 0.6) is 0 Å². The molecule has 0 fully saturated rings. The molecule has 2 rings (SSSR count). The lowest BCUT2D eigenvalue weighted by molar-refractivity contribution is 0.561. The van der Waals surface area contributed by atoms with E-state index in [0.717, 1.165) is 31.5 Å². The zero-order chi connectivity index (χ0) is 14.5. The number of alkyl halides is 1. The van der Waals surface area contributed by atoms with Crippen molar-refractivity contribution in [2.45, 2.75) is 52.0 Å². The Morgan fingerprint density at radius 2 is 1.90 bits per heavy atom. The maximum atomic E-state index is 6.39. The summed E-state index contributed by atoms with van der Waals surface area (Å²) in [5.74, 6) is 0. The molecule has 2 nitrogen and oxygen atoms in total. The van der Waals surface area contributed by atoms with E-state index in [0.29, 0.717) is 0 Å². The van der Waals surface area contributed by atoms with Gasteiger partial charge in [-0.1, -0.05) is 37.3 Å². The SMILES string of the molecule is CCC(Cl)c1c(C)nn(CCCc2ccccc2)c1C. The molecule has 0 radical (unpaired) electrons. The molecule has 108 valence electrons. The van der Waals surface area contributed by atoms with Crippen LogP contribution in [0, 0.1) is 13.8 Å². The number of nitrogens with zero attached hydrogens (tertiary/aromatic N) is 2. The van der Waals surface area contributed by atoms with Crippen LogP contribution < -0.4 is 0 Å². The summed E-state index contributed by atoms with van der Waals surface area (Å²) >= 11 is 6.39. The molecule has 0 bridgehead atoms. The summed E-state index contributed by atoms with van der Waals surface area (Å²) in [4.78, 5) is 0. The largest absolute Gasteiger partial charge is 0.269 e. The van der Waals surface area contributed by atoms with E-state index >= 15 is 0 Å². The highest BCUT2D eigenvalue weighted by Crippen LogP contribution is 2.29. The summed E-state index contributed by atoms with van der Waals surface area (Å²) in [5.41, 5.74) is 4.90. The third kappa shape index (κ3) is 3.43. The average molecular weight is 291 g/mol. The molecule has 3 heteroatoms. The lowest BCUT2D eigenvalue weighted by Gasteiger charge is -2.08. The standard InChI is InChI=1S/C17H23ClN2/c1-4-16(18)17-13(2)19-20(14(17)3)12-8-11-15-9-6-5-7-10-15/h5-7,9-10,16H,4,8,11-12H2,1-3H3. The Kier molecular flexibility index (Phi) is 5.24. The molecule has 0 N–H and O–H groups in total. The summed E-state index contributed by atoms with van der Waals surface area (Å²) in [5, 5.41) is 4.72. The highest BCUT2D eigenvalue weighted by molar-refractivity contribution is 6.20. The zero-order valence-corrected chi connectivity index (χ0v) is 13.3. The van der Waals surface area contributed by atoms with Crippen molar-refractivity contribution in [3.63, 3.8) is 0 Å². The van der Waals surface area contributed by atoms with E-state index in [1.807, 2.05) is 0 Å². The lowest BCUT2D eigenvalue weighted by Crippen LogP contribution is -2.04. The van der Waals surface area contributed by atoms with Crippen LogP contribution in [0.25, 0.3) is 0 Å². The number of aromatic nitrogens is 2. The Bertz CT molecular complexity index is 546. The number of aryl methyl sites for hydroxylation is 3. The van der Waals surface area contributed by atoms with Crippen LogP contribution in [-0.2, 0) is 13.0 Å². The number of halogens is 1. The van der Waals surface area contributed by atoms with E-state index < -0.39 is 0 Å². The van der Waals surface area contributed by atoms with Gasteiger partial charge in [0.1, 0.15) is 0 Å². The summed E-state index contributed by atoms with van der Waals surface area (Å²) in [7, 11) is 0. The van der Waals surface area contributed by atoms with E-state index in [1.165, 1.54) is 16.8 Å². The van der Waals surface area contributed by atoms with Gasteiger partial charge in [0.05, 0.1) is 11.1 Å². The molecule has 0 aliphatic heterocycles. The average Bonchev–Trinajstić information content (AvgIpc) is 2.74. The van der Waals surface area contributed by atoms with Crippen molar-refractivity contribution >= 4 is 11.6 Å². The van der Waals surface area contributed by atoms with Crippen molar-refractivity contribution in [1.82, 2.24) is 9.78 Å². The minimum atomic E-state index is 0.0814. The molecule has 1 aromatic carbocycles. The molecular weight excluding hydrogens is 268 g/mol. The number of benzene rings is 1. The fraction of sp³-hybridized carbons (Fsp3) is 0.471. The van der Waals surface area contributed by atoms with Gasteiger partial charge in [-0.3, -0.25) is 4.68 Å². The molecule has 0 amide bonds. The third-order valence-corrected chi connectivity index (χ3v) is 4.31. The predicted octanol–water partition coefficient (Wildman–Crippen LogP) is 4.82. The van der Waals surface area contributed by atoms with Gasteiger partial charge < -0.3 is 0 Å². The topological polar surface area (TPSA) is 17.8 Å². The Balaban J connectivity index is 2.00. The summed E-state index contributed by atoms with van der Waals surface area (Å²) < 4.78 is 2.11. The van der Waals surface area contributed by atoms with Gasteiger partial charge in [0.2, 0.25) is 0 Å². The normalized spacial score (nSPS) is 12.6. The molecule has 0 spiro atoms. The van der Waals surface area contributed by atoms with Gasteiger partial charge in [-0.2, -0.15) is 5.10 Å². The molecule has 1 aromatic heterocycles. The number of rotatable bonds is 6. The Morgan fingerprint density at radius 1 is 1.20 bits per heavy atom. The van der Waals surface area contributed by atoms with Crippen LogP contribution in [0.2, 0.25) is 0 Å². The van der Waals surface area contributed by atoms with Gasteiger partial charge in [0, 0.05) is 17.8 Å². The van der Waals surface area contributed by atoms with Gasteiger partial charge in [-0.25, -0.2) is 0 Å². The Labute approximate surface area is 126 Å². The fourth-order valence-electron chi connectivity index (χ4n) is 2.66. The second kappa shape index (κ2) is 6.94. The molecule has 1 unspecified atom stereocenters. The fourth-order valence-corrected chi connectivity index (χ4v) is 2.98. The molecule has 20 heavy (non-hydrogen) atoms. The van der Waals surface area contributed by atoms with Crippen LogP contribution in [0.1, 0.15) is 47.7 Å². The predicted molar refractivity (Wildman–Crippen MR) is 85.3 cm³/mol. The van der Waals surface area contributed by atoms with Crippen molar-refractivity contribution in [1.29, 1.82) is 0 Å². The number of hydrogen-bond donors (Lipinski definition) is 0. The van der Waals surface area contributed by atoms with Gasteiger partial charge in [0.25, 0.3) is 0 Å². The Hall–Kier alpha value is -1.28. The van der Waals surface area contributed by atoms with Gasteiger partial charge in [-0.15, -0.1) is 11.6 Å². The molecule has 0 saturated carbocycles. The van der Waals surface area contributed by atoms with Gasteiger partial charge in [0.15, 0.2) is 0 Å². The van der Waals surface area contributed by atoms with Gasteiger partial charge in [-0.05, 0) is 38.7 Å². The second-order valence-electron chi connectivity index (χ2n) is 5.27. The first-order chi connectivity index (χ1) is 9.63. The zero-order valence-electron chi connectivity index (χ0n) is 12.6. The summed E-state index contributed by atoms with van der Waals surface area (Å²) in [6.45, 7) is 7.25. The minimum absolute atomic E-state index is 0.0814. The molecule has 0 aliphatic rings.